The average molecular weight is 376 g/mol. The average Bonchev–Trinajstić information content (AvgIpc) is 2.58. The molecule has 136 valence electrons. The molecule has 0 aliphatic carbocycles. The third-order valence-electron chi connectivity index (χ3n) is 4.83. The molecule has 2 aliphatic rings. The van der Waals surface area contributed by atoms with Crippen LogP contribution in [-0.2, 0) is 4.79 Å². The van der Waals surface area contributed by atoms with Crippen LogP contribution >= 0.6 is 24.8 Å². The zero-order valence-electron chi connectivity index (χ0n) is 14.0. The van der Waals surface area contributed by atoms with Gasteiger partial charge in [0.05, 0.1) is 6.20 Å². The minimum atomic E-state index is 0. The molecule has 2 N–H and O–H groups in total. The van der Waals surface area contributed by atoms with E-state index in [9.17, 15) is 4.79 Å². The Morgan fingerprint density at radius 3 is 2.62 bits per heavy atom. The van der Waals surface area contributed by atoms with Crippen LogP contribution in [0.15, 0.2) is 18.6 Å². The highest BCUT2D eigenvalue weighted by Gasteiger charge is 2.29. The second-order valence-electron chi connectivity index (χ2n) is 6.33. The first-order valence-corrected chi connectivity index (χ1v) is 8.29. The van der Waals surface area contributed by atoms with E-state index in [1.54, 1.807) is 18.6 Å². The van der Waals surface area contributed by atoms with Crippen LogP contribution in [-0.4, -0.2) is 47.6 Å². The maximum absolute atomic E-state index is 12.5. The third-order valence-corrected chi connectivity index (χ3v) is 4.83. The highest BCUT2D eigenvalue weighted by Crippen LogP contribution is 2.22. The van der Waals surface area contributed by atoms with Crippen molar-refractivity contribution in [1.82, 2.24) is 20.6 Å². The number of halogens is 2. The minimum absolute atomic E-state index is 0. The zero-order chi connectivity index (χ0) is 15.4. The zero-order valence-corrected chi connectivity index (χ0v) is 15.6. The lowest BCUT2D eigenvalue weighted by Crippen LogP contribution is -2.53. The van der Waals surface area contributed by atoms with Gasteiger partial charge in [0.15, 0.2) is 0 Å². The maximum atomic E-state index is 12.5. The summed E-state index contributed by atoms with van der Waals surface area (Å²) >= 11 is 0. The van der Waals surface area contributed by atoms with Gasteiger partial charge < -0.3 is 15.5 Å². The molecule has 0 aromatic carbocycles. The van der Waals surface area contributed by atoms with Gasteiger partial charge in [-0.25, -0.2) is 4.98 Å². The van der Waals surface area contributed by atoms with Crippen molar-refractivity contribution < 1.29 is 4.79 Å². The maximum Gasteiger partial charge on any atom is 0.223 e. The number of carbonyl (C=O) groups is 1. The predicted octanol–water partition coefficient (Wildman–Crippen LogP) is 1.79. The monoisotopic (exact) mass is 375 g/mol. The molecule has 2 atom stereocenters. The fraction of sp³-hybridized carbons (Fsp3) is 0.688. The van der Waals surface area contributed by atoms with Gasteiger partial charge in [-0.3, -0.25) is 9.78 Å². The summed E-state index contributed by atoms with van der Waals surface area (Å²) in [6, 6.07) is 0.650. The molecule has 6 nitrogen and oxygen atoms in total. The normalized spacial score (nSPS) is 24.5. The van der Waals surface area contributed by atoms with Gasteiger partial charge >= 0.3 is 0 Å². The van der Waals surface area contributed by atoms with Crippen molar-refractivity contribution in [3.8, 4) is 0 Å². The van der Waals surface area contributed by atoms with Crippen molar-refractivity contribution in [3.05, 3.63) is 18.6 Å². The second-order valence-corrected chi connectivity index (χ2v) is 6.33. The number of nitrogens with one attached hydrogen (secondary N) is 2. The van der Waals surface area contributed by atoms with Crippen LogP contribution in [0.5, 0.6) is 0 Å². The summed E-state index contributed by atoms with van der Waals surface area (Å²) in [5, 5.41) is 6.68. The van der Waals surface area contributed by atoms with Crippen LogP contribution in [0.2, 0.25) is 0 Å². The van der Waals surface area contributed by atoms with E-state index in [0.717, 1.165) is 51.1 Å². The lowest BCUT2D eigenvalue weighted by molar-refractivity contribution is -0.126. The summed E-state index contributed by atoms with van der Waals surface area (Å²) in [4.78, 5) is 23.1. The lowest BCUT2D eigenvalue weighted by Gasteiger charge is -2.35. The molecule has 1 aromatic rings. The fourth-order valence-corrected chi connectivity index (χ4v) is 3.37. The van der Waals surface area contributed by atoms with E-state index in [1.807, 2.05) is 0 Å². The van der Waals surface area contributed by atoms with Gasteiger partial charge in [0, 0.05) is 43.5 Å². The van der Waals surface area contributed by atoms with E-state index < -0.39 is 0 Å². The number of anilines is 1. The molecule has 0 saturated carbocycles. The number of nitrogens with zero attached hydrogens (tertiary/aromatic N) is 3. The first-order valence-electron chi connectivity index (χ1n) is 8.29. The number of hydrogen-bond donors (Lipinski definition) is 2. The van der Waals surface area contributed by atoms with Crippen molar-refractivity contribution in [2.75, 3.05) is 24.5 Å². The highest BCUT2D eigenvalue weighted by atomic mass is 35.5. The Morgan fingerprint density at radius 1 is 1.25 bits per heavy atom. The van der Waals surface area contributed by atoms with E-state index in [1.165, 1.54) is 0 Å². The van der Waals surface area contributed by atoms with E-state index in [4.69, 9.17) is 0 Å². The molecule has 3 rings (SSSR count). The summed E-state index contributed by atoms with van der Waals surface area (Å²) in [7, 11) is 0. The molecule has 24 heavy (non-hydrogen) atoms. The molecule has 2 saturated heterocycles. The molecule has 1 amide bonds. The summed E-state index contributed by atoms with van der Waals surface area (Å²) in [6.07, 6.45) is 9.18. The third kappa shape index (κ3) is 5.19. The number of piperidine rings is 2. The SMILES string of the molecule is CC1NCCCC1NC(=O)C1CCN(c2cnccn2)CC1.Cl.Cl. The molecular weight excluding hydrogens is 349 g/mol. The topological polar surface area (TPSA) is 70.2 Å². The van der Waals surface area contributed by atoms with Gasteiger partial charge in [0.25, 0.3) is 0 Å². The van der Waals surface area contributed by atoms with Crippen LogP contribution in [0.1, 0.15) is 32.6 Å². The molecule has 2 aliphatic heterocycles. The van der Waals surface area contributed by atoms with Crippen LogP contribution in [0.3, 0.4) is 0 Å². The van der Waals surface area contributed by atoms with Crippen LogP contribution in [0, 0.1) is 5.92 Å². The van der Waals surface area contributed by atoms with Gasteiger partial charge in [0.1, 0.15) is 5.82 Å². The Hall–Kier alpha value is -1.11. The smallest absolute Gasteiger partial charge is 0.223 e. The molecule has 1 aromatic heterocycles. The van der Waals surface area contributed by atoms with E-state index in [0.29, 0.717) is 6.04 Å². The summed E-state index contributed by atoms with van der Waals surface area (Å²) in [5.41, 5.74) is 0. The van der Waals surface area contributed by atoms with Crippen molar-refractivity contribution in [1.29, 1.82) is 0 Å². The second kappa shape index (κ2) is 10.0. The van der Waals surface area contributed by atoms with Crippen molar-refractivity contribution >= 4 is 36.5 Å². The molecular formula is C16H27Cl2N5O. The molecule has 0 bridgehead atoms. The van der Waals surface area contributed by atoms with Gasteiger partial charge in [-0.05, 0) is 39.2 Å². The predicted molar refractivity (Wildman–Crippen MR) is 100 cm³/mol. The van der Waals surface area contributed by atoms with Gasteiger partial charge in [-0.2, -0.15) is 0 Å². The molecule has 2 fully saturated rings. The quantitative estimate of drug-likeness (QED) is 0.842. The Morgan fingerprint density at radius 2 is 2.00 bits per heavy atom. The standard InChI is InChI=1S/C16H25N5O.2ClH/c1-12-14(3-2-6-18-12)20-16(22)13-4-9-21(10-5-13)15-11-17-7-8-19-15;;/h7-8,11-14,18H,2-6,9-10H2,1H3,(H,20,22);2*1H. The first kappa shape index (κ1) is 20.9. The molecule has 2 unspecified atom stereocenters. The molecule has 0 spiro atoms. The van der Waals surface area contributed by atoms with Crippen LogP contribution in [0.25, 0.3) is 0 Å². The number of rotatable bonds is 3. The Kier molecular flexibility index (Phi) is 8.73. The van der Waals surface area contributed by atoms with Crippen molar-refractivity contribution in [2.24, 2.45) is 5.92 Å². The Balaban J connectivity index is 0.00000144. The minimum Gasteiger partial charge on any atom is -0.355 e. The van der Waals surface area contributed by atoms with E-state index in [-0.39, 0.29) is 42.7 Å². The lowest BCUT2D eigenvalue weighted by atomic mass is 9.93. The summed E-state index contributed by atoms with van der Waals surface area (Å²) in [6.45, 7) is 4.95. The summed E-state index contributed by atoms with van der Waals surface area (Å²) in [5.74, 6) is 1.26. The van der Waals surface area contributed by atoms with Crippen LogP contribution in [0.4, 0.5) is 5.82 Å². The summed E-state index contributed by atoms with van der Waals surface area (Å²) < 4.78 is 0. The molecule has 0 radical (unpaired) electrons. The van der Waals surface area contributed by atoms with Gasteiger partial charge in [0.2, 0.25) is 5.91 Å². The fourth-order valence-electron chi connectivity index (χ4n) is 3.37. The number of hydrogen-bond acceptors (Lipinski definition) is 5. The first-order chi connectivity index (χ1) is 10.7. The largest absolute Gasteiger partial charge is 0.355 e. The molecule has 8 heteroatoms. The number of aromatic nitrogens is 2. The van der Waals surface area contributed by atoms with Gasteiger partial charge in [-0.1, -0.05) is 0 Å². The van der Waals surface area contributed by atoms with E-state index >= 15 is 0 Å². The highest BCUT2D eigenvalue weighted by molar-refractivity contribution is 5.85. The van der Waals surface area contributed by atoms with Crippen molar-refractivity contribution in [3.63, 3.8) is 0 Å². The van der Waals surface area contributed by atoms with Gasteiger partial charge in [-0.15, -0.1) is 24.8 Å². The number of carbonyl (C=O) groups excluding carboxylic acids is 1. The Bertz CT molecular complexity index is 497. The number of amides is 1. The van der Waals surface area contributed by atoms with Crippen LogP contribution < -0.4 is 15.5 Å². The Labute approximate surface area is 156 Å². The molecule has 3 heterocycles. The van der Waals surface area contributed by atoms with E-state index in [2.05, 4.69) is 32.4 Å². The van der Waals surface area contributed by atoms with Crippen molar-refractivity contribution in [2.45, 2.75) is 44.7 Å².